The molecular formula is C22H18N4O6Zn. The summed E-state index contributed by atoms with van der Waals surface area (Å²) in [6.07, 6.45) is 11.5. The van der Waals surface area contributed by atoms with Crippen LogP contribution in [-0.4, -0.2) is 44.4 Å². The summed E-state index contributed by atoms with van der Waals surface area (Å²) >= 11 is 0. The van der Waals surface area contributed by atoms with Gasteiger partial charge in [-0.2, -0.15) is 0 Å². The molecule has 0 fully saturated rings. The van der Waals surface area contributed by atoms with Crippen molar-refractivity contribution in [2.24, 2.45) is 0 Å². The molecule has 0 radical (unpaired) electrons. The molecule has 0 atom stereocenters. The number of nitrogens with zero attached hydrogens (tertiary/aromatic N) is 2. The van der Waals surface area contributed by atoms with Crippen molar-refractivity contribution in [3.05, 3.63) is 108 Å². The number of aromatic amines is 2. The minimum absolute atomic E-state index is 0. The first-order valence-electron chi connectivity index (χ1n) is 8.86. The van der Waals surface area contributed by atoms with Crippen molar-refractivity contribution in [3.63, 3.8) is 0 Å². The number of aldehydes is 2. The molecule has 0 aliphatic carbocycles. The number of imidazole rings is 2. The number of carboxylic acid groups (broad SMARTS) is 2. The summed E-state index contributed by atoms with van der Waals surface area (Å²) in [5.74, 6) is -2.47. The van der Waals surface area contributed by atoms with E-state index in [9.17, 15) is 29.4 Å². The maximum atomic E-state index is 10.2. The number of aromatic carboxylic acids is 2. The van der Waals surface area contributed by atoms with Crippen LogP contribution < -0.4 is 10.2 Å². The van der Waals surface area contributed by atoms with Crippen molar-refractivity contribution in [3.8, 4) is 0 Å². The molecule has 2 aromatic carbocycles. The number of aromatic nitrogens is 4. The molecule has 164 valence electrons. The third-order valence-corrected chi connectivity index (χ3v) is 3.38. The Morgan fingerprint density at radius 2 is 1.00 bits per heavy atom. The molecule has 0 aliphatic heterocycles. The van der Waals surface area contributed by atoms with Crippen LogP contribution in [0.5, 0.6) is 0 Å². The Morgan fingerprint density at radius 1 is 0.667 bits per heavy atom. The van der Waals surface area contributed by atoms with Crippen molar-refractivity contribution in [2.75, 3.05) is 0 Å². The number of rotatable bonds is 4. The summed E-state index contributed by atoms with van der Waals surface area (Å²) in [4.78, 5) is 53.5. The van der Waals surface area contributed by atoms with Crippen LogP contribution in [0.25, 0.3) is 0 Å². The molecule has 2 N–H and O–H groups in total. The van der Waals surface area contributed by atoms with Crippen LogP contribution in [-0.2, 0) is 19.5 Å². The van der Waals surface area contributed by atoms with Crippen molar-refractivity contribution in [1.82, 2.24) is 19.9 Å². The van der Waals surface area contributed by atoms with E-state index in [2.05, 4.69) is 19.9 Å². The fraction of sp³-hybridized carbons (Fsp3) is 0. The Balaban J connectivity index is 0.000000434. The fourth-order valence-electron chi connectivity index (χ4n) is 1.83. The molecule has 0 amide bonds. The molecular weight excluding hydrogens is 482 g/mol. The summed E-state index contributed by atoms with van der Waals surface area (Å²) in [6, 6.07) is 11.0. The summed E-state index contributed by atoms with van der Waals surface area (Å²) < 4.78 is 0. The summed E-state index contributed by atoms with van der Waals surface area (Å²) in [7, 11) is 0. The van der Waals surface area contributed by atoms with Crippen molar-refractivity contribution in [2.45, 2.75) is 0 Å². The summed E-state index contributed by atoms with van der Waals surface area (Å²) in [5, 5.41) is 20.4. The first-order chi connectivity index (χ1) is 15.5. The fourth-order valence-corrected chi connectivity index (χ4v) is 1.83. The number of carboxylic acids is 2. The number of nitrogens with one attached hydrogen (secondary N) is 2. The van der Waals surface area contributed by atoms with Gasteiger partial charge in [0.1, 0.15) is 12.6 Å². The normalized spacial score (nSPS) is 8.48. The molecule has 4 rings (SSSR count). The van der Waals surface area contributed by atoms with Gasteiger partial charge in [-0.05, 0) is 11.1 Å². The van der Waals surface area contributed by atoms with Crippen molar-refractivity contribution in [1.29, 1.82) is 0 Å². The van der Waals surface area contributed by atoms with Crippen LogP contribution in [0.15, 0.2) is 86.0 Å². The van der Waals surface area contributed by atoms with E-state index in [4.69, 9.17) is 0 Å². The van der Waals surface area contributed by atoms with Gasteiger partial charge in [0.2, 0.25) is 0 Å². The van der Waals surface area contributed by atoms with Gasteiger partial charge < -0.3 is 29.8 Å². The number of hydrogen-bond acceptors (Lipinski definition) is 8. The van der Waals surface area contributed by atoms with E-state index in [-0.39, 0.29) is 30.6 Å². The molecule has 0 saturated carbocycles. The van der Waals surface area contributed by atoms with Gasteiger partial charge >= 0.3 is 19.5 Å². The SMILES string of the molecule is O=Cc1ccc(C(=O)[O-])cc1.O=Cc1ccc(C(=O)[O-])cc1.[Zn+2].c1c[nH]cn1.c1c[nH]cn1. The van der Waals surface area contributed by atoms with Crippen LogP contribution in [0.3, 0.4) is 0 Å². The molecule has 2 heterocycles. The zero-order valence-corrected chi connectivity index (χ0v) is 20.3. The predicted molar refractivity (Wildman–Crippen MR) is 109 cm³/mol. The zero-order chi connectivity index (χ0) is 23.6. The Kier molecular flexibility index (Phi) is 15.2. The second kappa shape index (κ2) is 17.4. The average Bonchev–Trinajstić information content (AvgIpc) is 3.59. The Labute approximate surface area is 201 Å². The summed E-state index contributed by atoms with van der Waals surface area (Å²) in [6.45, 7) is 0. The smallest absolute Gasteiger partial charge is 0.545 e. The first-order valence-corrected chi connectivity index (χ1v) is 8.86. The van der Waals surface area contributed by atoms with Gasteiger partial charge in [0.05, 0.1) is 24.6 Å². The van der Waals surface area contributed by atoms with Gasteiger partial charge in [-0.1, -0.05) is 48.5 Å². The van der Waals surface area contributed by atoms with E-state index >= 15 is 0 Å². The molecule has 10 nitrogen and oxygen atoms in total. The van der Waals surface area contributed by atoms with Crippen LogP contribution >= 0.6 is 0 Å². The van der Waals surface area contributed by atoms with E-state index in [0.29, 0.717) is 23.7 Å². The van der Waals surface area contributed by atoms with Crippen molar-refractivity contribution >= 4 is 24.5 Å². The number of carbonyl (C=O) groups excluding carboxylic acids is 4. The maximum absolute atomic E-state index is 10.2. The van der Waals surface area contributed by atoms with Gasteiger partial charge in [0, 0.05) is 35.9 Å². The van der Waals surface area contributed by atoms with E-state index < -0.39 is 11.9 Å². The first kappa shape index (κ1) is 28.8. The Hall–Kier alpha value is -4.24. The van der Waals surface area contributed by atoms with Crippen LogP contribution in [0.1, 0.15) is 41.4 Å². The third kappa shape index (κ3) is 12.9. The number of benzene rings is 2. The van der Waals surface area contributed by atoms with E-state index in [1.54, 1.807) is 37.4 Å². The molecule has 11 heteroatoms. The molecule has 4 aromatic rings. The number of carbonyl (C=O) groups is 4. The molecule has 0 spiro atoms. The molecule has 2 aromatic heterocycles. The number of hydrogen-bond donors (Lipinski definition) is 2. The van der Waals surface area contributed by atoms with Crippen LogP contribution in [0.2, 0.25) is 0 Å². The minimum Gasteiger partial charge on any atom is -0.545 e. The van der Waals surface area contributed by atoms with Gasteiger partial charge in [-0.3, -0.25) is 9.59 Å². The van der Waals surface area contributed by atoms with E-state index in [1.807, 2.05) is 0 Å². The third-order valence-electron chi connectivity index (χ3n) is 3.38. The van der Waals surface area contributed by atoms with Crippen LogP contribution in [0, 0.1) is 0 Å². The number of H-pyrrole nitrogens is 2. The minimum atomic E-state index is -1.23. The second-order valence-electron chi connectivity index (χ2n) is 5.58. The van der Waals surface area contributed by atoms with Crippen LogP contribution in [0.4, 0.5) is 0 Å². The van der Waals surface area contributed by atoms with Gasteiger partial charge in [0.25, 0.3) is 0 Å². The monoisotopic (exact) mass is 498 g/mol. The molecule has 0 bridgehead atoms. The Bertz CT molecular complexity index is 929. The topological polar surface area (TPSA) is 172 Å². The quantitative estimate of drug-likeness (QED) is 0.302. The molecule has 33 heavy (non-hydrogen) atoms. The molecule has 0 aliphatic rings. The van der Waals surface area contributed by atoms with Gasteiger partial charge in [-0.25, -0.2) is 9.97 Å². The van der Waals surface area contributed by atoms with E-state index in [1.165, 1.54) is 48.5 Å². The average molecular weight is 500 g/mol. The second-order valence-corrected chi connectivity index (χ2v) is 5.58. The molecule has 0 saturated heterocycles. The van der Waals surface area contributed by atoms with Gasteiger partial charge in [0.15, 0.2) is 0 Å². The summed E-state index contributed by atoms with van der Waals surface area (Å²) in [5.41, 5.74) is 1.07. The molecule has 0 unspecified atom stereocenters. The predicted octanol–water partition coefficient (Wildman–Crippen LogP) is 0.542. The van der Waals surface area contributed by atoms with E-state index in [0.717, 1.165) is 0 Å². The van der Waals surface area contributed by atoms with Crippen molar-refractivity contribution < 1.29 is 48.9 Å². The standard InChI is InChI=1S/2C8H6O3.2C3H4N2.Zn/c2*9-5-6-1-3-7(4-2-6)8(10)11;2*1-2-5-3-4-1;/h2*1-5H,(H,10,11);2*1-3H,(H,4,5);/q;;;;+2/p-2. The zero-order valence-electron chi connectivity index (χ0n) is 17.3. The van der Waals surface area contributed by atoms with Gasteiger partial charge in [-0.15, -0.1) is 0 Å². The largest absolute Gasteiger partial charge is 2.00 e. The Morgan fingerprint density at radius 3 is 1.15 bits per heavy atom. The maximum Gasteiger partial charge on any atom is 2.00 e.